The Balaban J connectivity index is 1.81. The van der Waals surface area contributed by atoms with Crippen LogP contribution in [0.3, 0.4) is 0 Å². The highest BCUT2D eigenvalue weighted by Crippen LogP contribution is 2.18. The molecule has 3 rings (SSSR count). The lowest BCUT2D eigenvalue weighted by Crippen LogP contribution is -2.38. The van der Waals surface area contributed by atoms with E-state index >= 15 is 0 Å². The zero-order valence-corrected chi connectivity index (χ0v) is 16.3. The van der Waals surface area contributed by atoms with Crippen molar-refractivity contribution >= 4 is 22.8 Å². The normalized spacial score (nSPS) is 14.7. The van der Waals surface area contributed by atoms with Crippen molar-refractivity contribution in [2.24, 2.45) is 0 Å². The van der Waals surface area contributed by atoms with Gasteiger partial charge in [-0.3, -0.25) is 9.59 Å². The van der Waals surface area contributed by atoms with Crippen molar-refractivity contribution in [3.63, 3.8) is 0 Å². The second kappa shape index (κ2) is 8.99. The van der Waals surface area contributed by atoms with Crippen LogP contribution in [-0.4, -0.2) is 60.6 Å². The smallest absolute Gasteiger partial charge is 0.294 e. The summed E-state index contributed by atoms with van der Waals surface area (Å²) in [5.41, 5.74) is 1.48. The van der Waals surface area contributed by atoms with Crippen molar-refractivity contribution in [2.75, 3.05) is 45.2 Å². The topological polar surface area (TPSA) is 70.5 Å². The molecule has 1 aromatic heterocycles. The van der Waals surface area contributed by atoms with Gasteiger partial charge in [-0.15, -0.1) is 0 Å². The fraction of sp³-hybridized carbons (Fsp3) is 0.550. The molecule has 2 heterocycles. The van der Waals surface area contributed by atoms with Crippen LogP contribution in [-0.2, 0) is 11.3 Å². The Morgan fingerprint density at radius 2 is 1.93 bits per heavy atom. The van der Waals surface area contributed by atoms with E-state index in [0.717, 1.165) is 43.5 Å². The molecule has 0 aliphatic carbocycles. The third-order valence-electron chi connectivity index (χ3n) is 4.93. The van der Waals surface area contributed by atoms with Gasteiger partial charge >= 0.3 is 0 Å². The third-order valence-corrected chi connectivity index (χ3v) is 4.93. The molecular weight excluding hydrogens is 342 g/mol. The van der Waals surface area contributed by atoms with Crippen molar-refractivity contribution in [3.8, 4) is 0 Å². The summed E-state index contributed by atoms with van der Waals surface area (Å²) in [5.74, 6) is 0.477. The number of likely N-dealkylation sites (N-methyl/N-ethyl adjacent to an activating group) is 1. The molecule has 7 nitrogen and oxygen atoms in total. The van der Waals surface area contributed by atoms with E-state index in [-0.39, 0.29) is 17.9 Å². The minimum absolute atomic E-state index is 0.0378. The van der Waals surface area contributed by atoms with Gasteiger partial charge in [0.1, 0.15) is 0 Å². The van der Waals surface area contributed by atoms with Crippen molar-refractivity contribution in [2.45, 2.75) is 32.2 Å². The Morgan fingerprint density at radius 3 is 2.67 bits per heavy atom. The largest absolute Gasteiger partial charge is 0.355 e. The maximum atomic E-state index is 13.1. The molecule has 0 radical (unpaired) electrons. The molecule has 1 fully saturated rings. The molecule has 146 valence electrons. The minimum Gasteiger partial charge on any atom is -0.355 e. The van der Waals surface area contributed by atoms with Gasteiger partial charge in [0.05, 0.1) is 11.0 Å². The quantitative estimate of drug-likeness (QED) is 0.798. The second-order valence-electron chi connectivity index (χ2n) is 7.33. The fourth-order valence-corrected chi connectivity index (χ4v) is 3.43. The summed E-state index contributed by atoms with van der Waals surface area (Å²) < 4.78 is 1.71. The summed E-state index contributed by atoms with van der Waals surface area (Å²) in [5, 5.41) is 2.91. The Morgan fingerprint density at radius 1 is 1.19 bits per heavy atom. The van der Waals surface area contributed by atoms with E-state index in [1.807, 2.05) is 43.3 Å². The maximum absolute atomic E-state index is 13.1. The first-order valence-corrected chi connectivity index (χ1v) is 9.72. The first kappa shape index (κ1) is 19.4. The summed E-state index contributed by atoms with van der Waals surface area (Å²) in [6, 6.07) is 7.65. The molecule has 0 atom stereocenters. The number of anilines is 1. The van der Waals surface area contributed by atoms with Gasteiger partial charge in [-0.05, 0) is 45.5 Å². The van der Waals surface area contributed by atoms with Gasteiger partial charge in [-0.25, -0.2) is 4.98 Å². The maximum Gasteiger partial charge on any atom is 0.294 e. The number of amides is 1. The molecule has 1 aliphatic rings. The Kier molecular flexibility index (Phi) is 6.45. The number of nitrogens with one attached hydrogen (secondary N) is 1. The van der Waals surface area contributed by atoms with Gasteiger partial charge in [-0.1, -0.05) is 12.1 Å². The summed E-state index contributed by atoms with van der Waals surface area (Å²) in [4.78, 5) is 34.0. The lowest BCUT2D eigenvalue weighted by Gasteiger charge is -2.27. The van der Waals surface area contributed by atoms with Gasteiger partial charge < -0.3 is 19.7 Å². The molecule has 0 bridgehead atoms. The standard InChI is InChI=1S/C20H29N5O2/c1-23(2)15-11-21-18(26)10-14-25-17-9-5-4-8-16(17)22-19(20(25)27)24-12-6-3-7-13-24/h4-5,8-9H,3,6-7,10-15H2,1-2H3,(H,21,26). The highest BCUT2D eigenvalue weighted by atomic mass is 16.2. The predicted molar refractivity (Wildman–Crippen MR) is 108 cm³/mol. The van der Waals surface area contributed by atoms with Crippen LogP contribution in [0.2, 0.25) is 0 Å². The number of carbonyl (C=O) groups excluding carboxylic acids is 1. The van der Waals surface area contributed by atoms with Crippen LogP contribution in [0, 0.1) is 0 Å². The predicted octanol–water partition coefficient (Wildman–Crippen LogP) is 1.45. The molecule has 7 heteroatoms. The van der Waals surface area contributed by atoms with Crippen LogP contribution in [0.15, 0.2) is 29.1 Å². The molecule has 1 N–H and O–H groups in total. The van der Waals surface area contributed by atoms with Gasteiger partial charge in [-0.2, -0.15) is 0 Å². The fourth-order valence-electron chi connectivity index (χ4n) is 3.43. The van der Waals surface area contributed by atoms with Crippen molar-refractivity contribution in [1.82, 2.24) is 19.8 Å². The van der Waals surface area contributed by atoms with E-state index in [4.69, 9.17) is 0 Å². The monoisotopic (exact) mass is 371 g/mol. The second-order valence-corrected chi connectivity index (χ2v) is 7.33. The number of hydrogen-bond acceptors (Lipinski definition) is 5. The molecule has 0 saturated carbocycles. The first-order chi connectivity index (χ1) is 13.1. The van der Waals surface area contributed by atoms with Crippen LogP contribution in [0.1, 0.15) is 25.7 Å². The average molecular weight is 371 g/mol. The molecular formula is C20H29N5O2. The number of aryl methyl sites for hydroxylation is 1. The molecule has 1 aromatic carbocycles. The van der Waals surface area contributed by atoms with Crippen LogP contribution < -0.4 is 15.8 Å². The molecule has 1 aliphatic heterocycles. The third kappa shape index (κ3) is 4.86. The van der Waals surface area contributed by atoms with Crippen LogP contribution in [0.5, 0.6) is 0 Å². The number of carbonyl (C=O) groups is 1. The lowest BCUT2D eigenvalue weighted by molar-refractivity contribution is -0.121. The zero-order chi connectivity index (χ0) is 19.2. The first-order valence-electron chi connectivity index (χ1n) is 9.72. The number of rotatable bonds is 7. The number of fused-ring (bicyclic) bond motifs is 1. The van der Waals surface area contributed by atoms with Gasteiger partial charge in [0.25, 0.3) is 5.56 Å². The van der Waals surface area contributed by atoms with E-state index < -0.39 is 0 Å². The van der Waals surface area contributed by atoms with E-state index in [2.05, 4.69) is 15.2 Å². The molecule has 2 aromatic rings. The van der Waals surface area contributed by atoms with Crippen molar-refractivity contribution < 1.29 is 4.79 Å². The zero-order valence-electron chi connectivity index (χ0n) is 16.3. The number of hydrogen-bond donors (Lipinski definition) is 1. The summed E-state index contributed by atoms with van der Waals surface area (Å²) >= 11 is 0. The van der Waals surface area contributed by atoms with Gasteiger partial charge in [0.2, 0.25) is 5.91 Å². The molecule has 0 unspecified atom stereocenters. The van der Waals surface area contributed by atoms with Crippen LogP contribution in [0.25, 0.3) is 11.0 Å². The lowest BCUT2D eigenvalue weighted by atomic mass is 10.1. The van der Waals surface area contributed by atoms with Crippen molar-refractivity contribution in [3.05, 3.63) is 34.6 Å². The highest BCUT2D eigenvalue weighted by Gasteiger charge is 2.19. The van der Waals surface area contributed by atoms with Crippen molar-refractivity contribution in [1.29, 1.82) is 0 Å². The average Bonchev–Trinajstić information content (AvgIpc) is 2.67. The minimum atomic E-state index is -0.100. The number of para-hydroxylation sites is 2. The summed E-state index contributed by atoms with van der Waals surface area (Å²) in [6.07, 6.45) is 3.65. The Labute approximate surface area is 160 Å². The molecule has 0 spiro atoms. The van der Waals surface area contributed by atoms with Gasteiger partial charge in [0.15, 0.2) is 5.82 Å². The Hall–Kier alpha value is -2.41. The SMILES string of the molecule is CN(C)CCNC(=O)CCn1c(=O)c(N2CCCCC2)nc2ccccc21. The highest BCUT2D eigenvalue weighted by molar-refractivity contribution is 5.78. The number of aromatic nitrogens is 2. The van der Waals surface area contributed by atoms with Gasteiger partial charge in [0, 0.05) is 39.1 Å². The number of nitrogens with zero attached hydrogens (tertiary/aromatic N) is 4. The molecule has 1 amide bonds. The number of benzene rings is 1. The van der Waals surface area contributed by atoms with E-state index in [1.54, 1.807) is 4.57 Å². The molecule has 27 heavy (non-hydrogen) atoms. The summed E-state index contributed by atoms with van der Waals surface area (Å²) in [7, 11) is 3.94. The van der Waals surface area contributed by atoms with E-state index in [0.29, 0.717) is 18.9 Å². The van der Waals surface area contributed by atoms with Crippen LogP contribution in [0.4, 0.5) is 5.82 Å². The number of piperidine rings is 1. The summed E-state index contributed by atoms with van der Waals surface area (Å²) in [6.45, 7) is 3.49. The Bertz CT molecular complexity index is 840. The molecule has 1 saturated heterocycles. The van der Waals surface area contributed by atoms with E-state index in [1.165, 1.54) is 6.42 Å². The van der Waals surface area contributed by atoms with Crippen LogP contribution >= 0.6 is 0 Å². The van der Waals surface area contributed by atoms with E-state index in [9.17, 15) is 9.59 Å².